The van der Waals surface area contributed by atoms with Gasteiger partial charge in [0.1, 0.15) is 11.3 Å². The SMILES string of the molecule is C=CC(=O)Nc1cccc(Oc2cnc3[nH]cc(-c4ccc5ccc(Br)cc5c4)c3n2)c1. The molecule has 0 bridgehead atoms. The molecular formula is C25H17BrN4O2. The van der Waals surface area contributed by atoms with Gasteiger partial charge in [-0.2, -0.15) is 0 Å². The maximum Gasteiger partial charge on any atom is 0.247 e. The molecular weight excluding hydrogens is 468 g/mol. The predicted molar refractivity (Wildman–Crippen MR) is 130 cm³/mol. The summed E-state index contributed by atoms with van der Waals surface area (Å²) in [6, 6.07) is 19.5. The van der Waals surface area contributed by atoms with Crippen LogP contribution in [0, 0.1) is 0 Å². The normalized spacial score (nSPS) is 10.9. The molecule has 3 aromatic carbocycles. The Hall–Kier alpha value is -3.97. The number of halogens is 1. The van der Waals surface area contributed by atoms with E-state index in [1.807, 2.05) is 12.3 Å². The van der Waals surface area contributed by atoms with Crippen LogP contribution in [0.3, 0.4) is 0 Å². The van der Waals surface area contributed by atoms with Crippen molar-refractivity contribution in [3.63, 3.8) is 0 Å². The molecule has 0 spiro atoms. The largest absolute Gasteiger partial charge is 0.437 e. The number of fused-ring (bicyclic) bond motifs is 2. The summed E-state index contributed by atoms with van der Waals surface area (Å²) in [5, 5.41) is 5.00. The number of aromatic amines is 1. The van der Waals surface area contributed by atoms with Crippen molar-refractivity contribution < 1.29 is 9.53 Å². The predicted octanol–water partition coefficient (Wildman–Crippen LogP) is 6.46. The molecule has 2 aromatic heterocycles. The van der Waals surface area contributed by atoms with Crippen LogP contribution in [0.2, 0.25) is 0 Å². The number of carbonyl (C=O) groups is 1. The third-order valence-electron chi connectivity index (χ3n) is 4.98. The molecule has 6 nitrogen and oxygen atoms in total. The summed E-state index contributed by atoms with van der Waals surface area (Å²) in [7, 11) is 0. The van der Waals surface area contributed by atoms with E-state index < -0.39 is 0 Å². The van der Waals surface area contributed by atoms with Crippen LogP contribution < -0.4 is 10.1 Å². The molecule has 0 aliphatic carbocycles. The van der Waals surface area contributed by atoms with Gasteiger partial charge in [-0.1, -0.05) is 46.8 Å². The van der Waals surface area contributed by atoms with Crippen molar-refractivity contribution in [1.82, 2.24) is 15.0 Å². The van der Waals surface area contributed by atoms with E-state index in [0.29, 0.717) is 28.5 Å². The van der Waals surface area contributed by atoms with Gasteiger partial charge in [0.15, 0.2) is 5.65 Å². The fourth-order valence-electron chi connectivity index (χ4n) is 3.48. The summed E-state index contributed by atoms with van der Waals surface area (Å²) in [5.41, 5.74) is 3.96. The van der Waals surface area contributed by atoms with Crippen molar-refractivity contribution in [3.05, 3.63) is 90.2 Å². The molecule has 5 aromatic rings. The van der Waals surface area contributed by atoms with E-state index in [1.165, 1.54) is 6.08 Å². The van der Waals surface area contributed by atoms with Crippen molar-refractivity contribution in [2.75, 3.05) is 5.32 Å². The van der Waals surface area contributed by atoms with Gasteiger partial charge in [0.2, 0.25) is 11.8 Å². The number of benzene rings is 3. The third kappa shape index (κ3) is 3.98. The Morgan fingerprint density at radius 1 is 1.09 bits per heavy atom. The second kappa shape index (κ2) is 8.28. The van der Waals surface area contributed by atoms with Gasteiger partial charge in [0.25, 0.3) is 0 Å². The van der Waals surface area contributed by atoms with Gasteiger partial charge >= 0.3 is 0 Å². The molecule has 2 heterocycles. The number of rotatable bonds is 5. The van der Waals surface area contributed by atoms with Gasteiger partial charge in [-0.15, -0.1) is 0 Å². The number of anilines is 1. The van der Waals surface area contributed by atoms with Gasteiger partial charge < -0.3 is 15.0 Å². The van der Waals surface area contributed by atoms with Gasteiger partial charge in [-0.3, -0.25) is 4.79 Å². The van der Waals surface area contributed by atoms with E-state index in [2.05, 4.69) is 73.1 Å². The van der Waals surface area contributed by atoms with E-state index in [4.69, 9.17) is 4.74 Å². The topological polar surface area (TPSA) is 79.9 Å². The molecule has 0 atom stereocenters. The van der Waals surface area contributed by atoms with Crippen LogP contribution >= 0.6 is 15.9 Å². The molecule has 32 heavy (non-hydrogen) atoms. The molecule has 0 radical (unpaired) electrons. The molecule has 0 aliphatic rings. The summed E-state index contributed by atoms with van der Waals surface area (Å²) >= 11 is 3.54. The molecule has 7 heteroatoms. The van der Waals surface area contributed by atoms with E-state index >= 15 is 0 Å². The number of amides is 1. The van der Waals surface area contributed by atoms with Crippen LogP contribution in [0.25, 0.3) is 33.1 Å². The highest BCUT2D eigenvalue weighted by Gasteiger charge is 2.12. The number of ether oxygens (including phenoxy) is 1. The molecule has 0 fully saturated rings. The summed E-state index contributed by atoms with van der Waals surface area (Å²) in [6.07, 6.45) is 4.68. The average molecular weight is 485 g/mol. The second-order valence-corrected chi connectivity index (χ2v) is 8.05. The Morgan fingerprint density at radius 2 is 1.97 bits per heavy atom. The number of nitrogens with zero attached hydrogens (tertiary/aromatic N) is 2. The van der Waals surface area contributed by atoms with E-state index in [9.17, 15) is 4.79 Å². The fourth-order valence-corrected chi connectivity index (χ4v) is 3.86. The Kier molecular flexibility index (Phi) is 5.17. The lowest BCUT2D eigenvalue weighted by Crippen LogP contribution is -2.07. The Morgan fingerprint density at radius 3 is 2.84 bits per heavy atom. The molecule has 2 N–H and O–H groups in total. The molecule has 1 amide bonds. The van der Waals surface area contributed by atoms with Gasteiger partial charge in [-0.25, -0.2) is 9.97 Å². The van der Waals surface area contributed by atoms with Crippen LogP contribution in [0.5, 0.6) is 11.6 Å². The maximum absolute atomic E-state index is 11.5. The van der Waals surface area contributed by atoms with E-state index in [-0.39, 0.29) is 5.91 Å². The first-order valence-electron chi connectivity index (χ1n) is 9.84. The monoisotopic (exact) mass is 484 g/mol. The number of hydrogen-bond donors (Lipinski definition) is 2. The second-order valence-electron chi connectivity index (χ2n) is 7.14. The lowest BCUT2D eigenvalue weighted by atomic mass is 10.0. The van der Waals surface area contributed by atoms with Crippen molar-refractivity contribution in [2.24, 2.45) is 0 Å². The number of H-pyrrole nitrogens is 1. The van der Waals surface area contributed by atoms with Crippen molar-refractivity contribution >= 4 is 49.5 Å². The first-order valence-corrected chi connectivity index (χ1v) is 10.6. The molecule has 0 saturated carbocycles. The zero-order chi connectivity index (χ0) is 22.1. The van der Waals surface area contributed by atoms with Crippen LogP contribution in [0.1, 0.15) is 0 Å². The smallest absolute Gasteiger partial charge is 0.247 e. The summed E-state index contributed by atoms with van der Waals surface area (Å²) < 4.78 is 6.95. The van der Waals surface area contributed by atoms with Gasteiger partial charge in [-0.05, 0) is 52.7 Å². The average Bonchev–Trinajstić information content (AvgIpc) is 3.22. The molecule has 0 aliphatic heterocycles. The number of hydrogen-bond acceptors (Lipinski definition) is 4. The molecule has 5 rings (SSSR count). The lowest BCUT2D eigenvalue weighted by molar-refractivity contribution is -0.111. The summed E-state index contributed by atoms with van der Waals surface area (Å²) in [5.74, 6) is 0.602. The minimum Gasteiger partial charge on any atom is -0.437 e. The molecule has 156 valence electrons. The van der Waals surface area contributed by atoms with Crippen molar-refractivity contribution in [1.29, 1.82) is 0 Å². The van der Waals surface area contributed by atoms with Gasteiger partial charge in [0.05, 0.1) is 6.20 Å². The summed E-state index contributed by atoms with van der Waals surface area (Å²) in [6.45, 7) is 3.46. The zero-order valence-corrected chi connectivity index (χ0v) is 18.4. The Bertz CT molecular complexity index is 1490. The fraction of sp³-hybridized carbons (Fsp3) is 0. The first-order chi connectivity index (χ1) is 15.6. The third-order valence-corrected chi connectivity index (χ3v) is 5.47. The first kappa shape index (κ1) is 20.0. The number of nitrogens with one attached hydrogen (secondary N) is 2. The highest BCUT2D eigenvalue weighted by atomic mass is 79.9. The lowest BCUT2D eigenvalue weighted by Gasteiger charge is -2.08. The Balaban J connectivity index is 1.49. The van der Waals surface area contributed by atoms with Crippen LogP contribution in [-0.4, -0.2) is 20.9 Å². The standard InChI is InChI=1S/C25H17BrN4O2/c1-2-22(31)29-19-4-3-5-20(12-19)32-23-14-28-25-24(30-23)21(13-27-25)16-7-6-15-8-9-18(26)11-17(15)10-16/h2-14H,1H2,(H,27,28)(H,29,31). The minimum absolute atomic E-state index is 0.289. The summed E-state index contributed by atoms with van der Waals surface area (Å²) in [4.78, 5) is 23.9. The highest BCUT2D eigenvalue weighted by molar-refractivity contribution is 9.10. The van der Waals surface area contributed by atoms with Crippen molar-refractivity contribution in [2.45, 2.75) is 0 Å². The number of aromatic nitrogens is 3. The number of carbonyl (C=O) groups excluding carboxylic acids is 1. The van der Waals surface area contributed by atoms with E-state index in [1.54, 1.807) is 30.5 Å². The quantitative estimate of drug-likeness (QED) is 0.280. The maximum atomic E-state index is 11.5. The minimum atomic E-state index is -0.289. The van der Waals surface area contributed by atoms with Crippen LogP contribution in [0.15, 0.2) is 90.2 Å². The highest BCUT2D eigenvalue weighted by Crippen LogP contribution is 2.32. The molecule has 0 saturated heterocycles. The molecule has 0 unspecified atom stereocenters. The van der Waals surface area contributed by atoms with E-state index in [0.717, 1.165) is 26.4 Å². The zero-order valence-electron chi connectivity index (χ0n) is 16.8. The Labute approximate surface area is 192 Å². The van der Waals surface area contributed by atoms with Crippen LogP contribution in [0.4, 0.5) is 5.69 Å². The van der Waals surface area contributed by atoms with Crippen LogP contribution in [-0.2, 0) is 4.79 Å². The van der Waals surface area contributed by atoms with Gasteiger partial charge in [0, 0.05) is 28.0 Å². The van der Waals surface area contributed by atoms with Crippen molar-refractivity contribution in [3.8, 4) is 22.8 Å².